The van der Waals surface area contributed by atoms with Crippen molar-refractivity contribution >= 4 is 17.1 Å². The van der Waals surface area contributed by atoms with Crippen molar-refractivity contribution in [1.29, 1.82) is 0 Å². The summed E-state index contributed by atoms with van der Waals surface area (Å²) in [6.07, 6.45) is 0. The first-order valence-corrected chi connectivity index (χ1v) is 20.3. The average Bonchev–Trinajstić information content (AvgIpc) is 3.49. The fourth-order valence-electron chi connectivity index (χ4n) is 9.17. The second-order valence-electron chi connectivity index (χ2n) is 20.4. The molecular weight excluding hydrogens is 663 g/mol. The largest absolute Gasteiger partial charge is 0.310 e. The first kappa shape index (κ1) is 37.1. The summed E-state index contributed by atoms with van der Waals surface area (Å²) in [6.45, 7) is 30.4. The molecule has 0 spiro atoms. The number of hydrogen-bond donors (Lipinski definition) is 0. The van der Waals surface area contributed by atoms with Gasteiger partial charge in [-0.2, -0.15) is 0 Å². The first-order chi connectivity index (χ1) is 25.7. The van der Waals surface area contributed by atoms with Gasteiger partial charge in [-0.1, -0.05) is 175 Å². The minimum absolute atomic E-state index is 0.00209. The Morgan fingerprint density at radius 1 is 0.364 bits per heavy atom. The normalized spacial score (nSPS) is 15.3. The van der Waals surface area contributed by atoms with Gasteiger partial charge in [0.1, 0.15) is 0 Å². The molecular formula is C54H59N. The predicted molar refractivity (Wildman–Crippen MR) is 238 cm³/mol. The molecule has 2 aliphatic carbocycles. The van der Waals surface area contributed by atoms with Crippen molar-refractivity contribution in [3.63, 3.8) is 0 Å². The van der Waals surface area contributed by atoms with Gasteiger partial charge in [-0.05, 0) is 119 Å². The van der Waals surface area contributed by atoms with Crippen molar-refractivity contribution in [3.05, 3.63) is 160 Å². The molecule has 6 aromatic rings. The van der Waals surface area contributed by atoms with Gasteiger partial charge in [-0.3, -0.25) is 0 Å². The summed E-state index contributed by atoms with van der Waals surface area (Å²) in [5.74, 6) is 0. The van der Waals surface area contributed by atoms with E-state index in [1.54, 1.807) is 0 Å². The molecule has 1 nitrogen and oxygen atoms in total. The van der Waals surface area contributed by atoms with Crippen molar-refractivity contribution in [3.8, 4) is 33.4 Å². The second kappa shape index (κ2) is 12.3. The Balaban J connectivity index is 1.37. The molecule has 55 heavy (non-hydrogen) atoms. The zero-order valence-corrected chi connectivity index (χ0v) is 35.5. The topological polar surface area (TPSA) is 3.24 Å². The van der Waals surface area contributed by atoms with E-state index in [0.29, 0.717) is 0 Å². The Morgan fingerprint density at radius 2 is 0.782 bits per heavy atom. The lowest BCUT2D eigenvalue weighted by Crippen LogP contribution is -2.19. The van der Waals surface area contributed by atoms with E-state index >= 15 is 0 Å². The van der Waals surface area contributed by atoms with Gasteiger partial charge < -0.3 is 4.90 Å². The van der Waals surface area contributed by atoms with Crippen LogP contribution in [-0.4, -0.2) is 0 Å². The maximum absolute atomic E-state index is 2.54. The number of nitrogens with zero attached hydrogens (tertiary/aromatic N) is 1. The standard InChI is InChI=1S/C54H59N/c1-50(2,3)35-20-18-34(19-21-35)44-30-36(51(4,5)6)23-29-49(44)55(38-24-27-42-40-16-14-15-17-45(40)53(10,11)47(42)32-38)39-25-28-43-41-26-22-37(52(7,8)9)31-46(41)54(12,13)48(43)33-39/h14-33H,1-13H3. The smallest absolute Gasteiger partial charge is 0.0540 e. The maximum atomic E-state index is 2.54. The van der Waals surface area contributed by atoms with Gasteiger partial charge in [0.05, 0.1) is 5.69 Å². The Morgan fingerprint density at radius 3 is 1.33 bits per heavy atom. The fraction of sp³-hybridized carbons (Fsp3) is 0.333. The van der Waals surface area contributed by atoms with E-state index in [1.165, 1.54) is 89.4 Å². The Bertz CT molecular complexity index is 2470. The summed E-state index contributed by atoms with van der Waals surface area (Å²) in [4.78, 5) is 2.54. The van der Waals surface area contributed by atoms with Crippen LogP contribution in [0, 0.1) is 0 Å². The molecule has 0 N–H and O–H groups in total. The number of benzene rings is 6. The Kier molecular flexibility index (Phi) is 8.30. The van der Waals surface area contributed by atoms with Crippen molar-refractivity contribution in [2.24, 2.45) is 0 Å². The van der Waals surface area contributed by atoms with Crippen LogP contribution in [-0.2, 0) is 27.1 Å². The zero-order chi connectivity index (χ0) is 39.5. The Hall–Kier alpha value is -4.88. The SMILES string of the molecule is CC(C)(C)c1ccc(-c2cc(C(C)(C)C)ccc2N(c2ccc3c(c2)C(C)(C)c2ccccc2-3)c2ccc3c(c2)C(C)(C)c2cc(C(C)(C)C)ccc2-3)cc1. The quantitative estimate of drug-likeness (QED) is 0.175. The van der Waals surface area contributed by atoms with Crippen LogP contribution in [0.15, 0.2) is 121 Å². The van der Waals surface area contributed by atoms with E-state index < -0.39 is 0 Å². The van der Waals surface area contributed by atoms with Crippen molar-refractivity contribution in [2.75, 3.05) is 4.90 Å². The minimum Gasteiger partial charge on any atom is -0.310 e. The molecule has 0 fully saturated rings. The Labute approximate surface area is 331 Å². The molecule has 1 heteroatoms. The number of fused-ring (bicyclic) bond motifs is 6. The first-order valence-electron chi connectivity index (χ1n) is 20.3. The van der Waals surface area contributed by atoms with Gasteiger partial charge in [-0.25, -0.2) is 0 Å². The predicted octanol–water partition coefficient (Wildman–Crippen LogP) is 15.3. The maximum Gasteiger partial charge on any atom is 0.0540 e. The molecule has 8 rings (SSSR count). The third-order valence-electron chi connectivity index (χ3n) is 12.8. The lowest BCUT2D eigenvalue weighted by molar-refractivity contribution is 0.584. The number of rotatable bonds is 4. The molecule has 0 amide bonds. The van der Waals surface area contributed by atoms with Gasteiger partial charge in [0.25, 0.3) is 0 Å². The van der Waals surface area contributed by atoms with Gasteiger partial charge >= 0.3 is 0 Å². The third kappa shape index (κ3) is 6.06. The minimum atomic E-state index is -0.142. The van der Waals surface area contributed by atoms with Crippen molar-refractivity contribution in [1.82, 2.24) is 0 Å². The number of anilines is 3. The van der Waals surface area contributed by atoms with Crippen LogP contribution in [0.5, 0.6) is 0 Å². The van der Waals surface area contributed by atoms with Gasteiger partial charge in [0, 0.05) is 27.8 Å². The third-order valence-corrected chi connectivity index (χ3v) is 12.8. The molecule has 0 radical (unpaired) electrons. The number of hydrogen-bond acceptors (Lipinski definition) is 1. The lowest BCUT2D eigenvalue weighted by atomic mass is 9.79. The van der Waals surface area contributed by atoms with Crippen LogP contribution in [0.2, 0.25) is 0 Å². The van der Waals surface area contributed by atoms with E-state index in [-0.39, 0.29) is 27.1 Å². The molecule has 0 bridgehead atoms. The lowest BCUT2D eigenvalue weighted by Gasteiger charge is -2.32. The van der Waals surface area contributed by atoms with Gasteiger partial charge in [0.2, 0.25) is 0 Å². The van der Waals surface area contributed by atoms with E-state index in [4.69, 9.17) is 0 Å². The second-order valence-corrected chi connectivity index (χ2v) is 20.4. The summed E-state index contributed by atoms with van der Waals surface area (Å²) in [6, 6.07) is 47.0. The van der Waals surface area contributed by atoms with Crippen LogP contribution < -0.4 is 4.90 Å². The van der Waals surface area contributed by atoms with E-state index in [9.17, 15) is 0 Å². The summed E-state index contributed by atoms with van der Waals surface area (Å²) < 4.78 is 0. The molecule has 0 atom stereocenters. The molecule has 0 saturated carbocycles. The zero-order valence-electron chi connectivity index (χ0n) is 35.5. The molecule has 0 aliphatic heterocycles. The monoisotopic (exact) mass is 721 g/mol. The average molecular weight is 722 g/mol. The molecule has 6 aromatic carbocycles. The molecule has 0 unspecified atom stereocenters. The van der Waals surface area contributed by atoms with Gasteiger partial charge in [0.15, 0.2) is 0 Å². The molecule has 0 saturated heterocycles. The summed E-state index contributed by atoms with van der Waals surface area (Å²) in [5.41, 5.74) is 21.0. The van der Waals surface area contributed by atoms with Gasteiger partial charge in [-0.15, -0.1) is 0 Å². The van der Waals surface area contributed by atoms with Crippen LogP contribution >= 0.6 is 0 Å². The highest BCUT2D eigenvalue weighted by molar-refractivity contribution is 5.92. The molecule has 2 aliphatic rings. The fourth-order valence-corrected chi connectivity index (χ4v) is 9.17. The highest BCUT2D eigenvalue weighted by Crippen LogP contribution is 2.54. The van der Waals surface area contributed by atoms with Crippen molar-refractivity contribution in [2.45, 2.75) is 117 Å². The van der Waals surface area contributed by atoms with Crippen LogP contribution in [0.25, 0.3) is 33.4 Å². The molecule has 0 aromatic heterocycles. The summed E-state index contributed by atoms with van der Waals surface area (Å²) in [5, 5.41) is 0. The summed E-state index contributed by atoms with van der Waals surface area (Å²) in [7, 11) is 0. The van der Waals surface area contributed by atoms with E-state index in [1.807, 2.05) is 0 Å². The van der Waals surface area contributed by atoms with E-state index in [2.05, 4.69) is 216 Å². The molecule has 0 heterocycles. The van der Waals surface area contributed by atoms with Crippen LogP contribution in [0.1, 0.15) is 129 Å². The summed E-state index contributed by atoms with van der Waals surface area (Å²) >= 11 is 0. The van der Waals surface area contributed by atoms with Crippen molar-refractivity contribution < 1.29 is 0 Å². The highest BCUT2D eigenvalue weighted by Gasteiger charge is 2.39. The van der Waals surface area contributed by atoms with E-state index in [0.717, 1.165) is 0 Å². The van der Waals surface area contributed by atoms with Crippen LogP contribution in [0.3, 0.4) is 0 Å². The van der Waals surface area contributed by atoms with Crippen LogP contribution in [0.4, 0.5) is 17.1 Å². The highest BCUT2D eigenvalue weighted by atomic mass is 15.1. The molecule has 280 valence electrons.